The molecule has 0 aliphatic heterocycles. The van der Waals surface area contributed by atoms with Gasteiger partial charge in [0.05, 0.1) is 10.5 Å². The van der Waals surface area contributed by atoms with E-state index in [2.05, 4.69) is 0 Å². The molecule has 0 nitrogen and oxygen atoms in total. The lowest BCUT2D eigenvalue weighted by Crippen LogP contribution is -1.98. The van der Waals surface area contributed by atoms with Crippen LogP contribution in [0.4, 0.5) is 13.2 Å². The number of benzene rings is 1. The second-order valence-electron chi connectivity index (χ2n) is 4.69. The average molecular weight is 324 g/mol. The number of hydrogen-bond donors (Lipinski definition) is 0. The third-order valence-electron chi connectivity index (χ3n) is 3.29. The quantitative estimate of drug-likeness (QED) is 0.572. The molecule has 20 heavy (non-hydrogen) atoms. The summed E-state index contributed by atoms with van der Waals surface area (Å²) in [6.07, 6.45) is 3.06. The second kappa shape index (κ2) is 6.81. The van der Waals surface area contributed by atoms with Crippen molar-refractivity contribution in [1.29, 1.82) is 0 Å². The number of fused-ring (bicyclic) bond motifs is 1. The molecule has 1 atom stereocenters. The molecular weight excluding hydrogens is 305 g/mol. The summed E-state index contributed by atoms with van der Waals surface area (Å²) in [5.74, 6) is 0. The summed E-state index contributed by atoms with van der Waals surface area (Å²) in [5, 5.41) is 0.754. The Kier molecular flexibility index (Phi) is 5.90. The number of thiophene rings is 1. The fourth-order valence-electron chi connectivity index (χ4n) is 2.27. The van der Waals surface area contributed by atoms with Gasteiger partial charge < -0.3 is 0 Å². The van der Waals surface area contributed by atoms with Crippen LogP contribution in [0.3, 0.4) is 0 Å². The van der Waals surface area contributed by atoms with Gasteiger partial charge in [0.1, 0.15) is 0 Å². The SMILES string of the molecule is CCCCc1cc2ccc(CC)cc2[s+]1C(F)(F)F.Cl. The van der Waals surface area contributed by atoms with Crippen LogP contribution >= 0.6 is 22.9 Å². The van der Waals surface area contributed by atoms with Gasteiger partial charge in [-0.25, -0.2) is 0 Å². The molecule has 0 spiro atoms. The van der Waals surface area contributed by atoms with Crippen molar-refractivity contribution in [3.63, 3.8) is 0 Å². The van der Waals surface area contributed by atoms with Gasteiger partial charge in [0, 0.05) is 23.9 Å². The van der Waals surface area contributed by atoms with E-state index in [9.17, 15) is 13.2 Å². The van der Waals surface area contributed by atoms with Crippen molar-refractivity contribution in [2.75, 3.05) is 0 Å². The van der Waals surface area contributed by atoms with Crippen LogP contribution in [0.1, 0.15) is 37.1 Å². The van der Waals surface area contributed by atoms with Crippen LogP contribution in [0, 0.1) is 0 Å². The maximum absolute atomic E-state index is 13.3. The summed E-state index contributed by atoms with van der Waals surface area (Å²) in [5.41, 5.74) is -3.18. The van der Waals surface area contributed by atoms with Crippen molar-refractivity contribution in [2.24, 2.45) is 0 Å². The van der Waals surface area contributed by atoms with Gasteiger partial charge in [-0.15, -0.1) is 25.6 Å². The standard InChI is InChI=1S/C15H18F3S.ClH/c1-3-5-6-13-10-12-8-7-11(4-2)9-14(12)19(13)15(16,17)18;/h7-10H,3-6H2,1-2H3;1H/q+1;. The van der Waals surface area contributed by atoms with Gasteiger partial charge in [-0.2, -0.15) is 0 Å². The maximum Gasteiger partial charge on any atom is 0.600 e. The summed E-state index contributed by atoms with van der Waals surface area (Å²) in [6, 6.07) is 7.25. The predicted octanol–water partition coefficient (Wildman–Crippen LogP) is 6.39. The first-order chi connectivity index (χ1) is 8.97. The van der Waals surface area contributed by atoms with Crippen LogP contribution in [0.5, 0.6) is 0 Å². The molecule has 0 aliphatic carbocycles. The Labute approximate surface area is 126 Å². The number of aryl methyl sites for hydroxylation is 2. The minimum atomic E-state index is -4.16. The van der Waals surface area contributed by atoms with Gasteiger partial charge in [-0.1, -0.05) is 26.3 Å². The summed E-state index contributed by atoms with van der Waals surface area (Å²) in [6.45, 7) is 3.97. The van der Waals surface area contributed by atoms with Crippen LogP contribution < -0.4 is 0 Å². The lowest BCUT2D eigenvalue weighted by Gasteiger charge is -2.00. The molecule has 0 bridgehead atoms. The second-order valence-corrected chi connectivity index (χ2v) is 6.73. The highest BCUT2D eigenvalue weighted by atomic mass is 35.5. The normalized spacial score (nSPS) is 12.6. The highest BCUT2D eigenvalue weighted by molar-refractivity contribution is 7.38. The van der Waals surface area contributed by atoms with Crippen LogP contribution in [0.25, 0.3) is 10.1 Å². The fraction of sp³-hybridized carbons (Fsp3) is 0.467. The summed E-state index contributed by atoms with van der Waals surface area (Å²) in [4.78, 5) is 0.553. The number of halogens is 4. The smallest absolute Gasteiger partial charge is 0.147 e. The van der Waals surface area contributed by atoms with E-state index in [4.69, 9.17) is 0 Å². The minimum absolute atomic E-state index is 0. The first kappa shape index (κ1) is 17.3. The van der Waals surface area contributed by atoms with E-state index in [1.807, 2.05) is 26.0 Å². The minimum Gasteiger partial charge on any atom is -0.147 e. The van der Waals surface area contributed by atoms with E-state index in [1.54, 1.807) is 12.1 Å². The highest BCUT2D eigenvalue weighted by Gasteiger charge is 2.47. The fourth-order valence-corrected chi connectivity index (χ4v) is 4.32. The Balaban J connectivity index is 0.00000200. The number of alkyl halides is 3. The molecule has 1 heterocycles. The highest BCUT2D eigenvalue weighted by Crippen LogP contribution is 2.51. The largest absolute Gasteiger partial charge is 0.600 e. The molecule has 5 heteroatoms. The first-order valence-corrected chi connectivity index (χ1v) is 7.84. The third kappa shape index (κ3) is 3.47. The van der Waals surface area contributed by atoms with E-state index in [0.29, 0.717) is 16.0 Å². The first-order valence-electron chi connectivity index (χ1n) is 6.62. The number of rotatable bonds is 4. The van der Waals surface area contributed by atoms with Gasteiger partial charge in [0.25, 0.3) is 0 Å². The van der Waals surface area contributed by atoms with E-state index >= 15 is 0 Å². The zero-order valence-corrected chi connectivity index (χ0v) is 13.2. The lowest BCUT2D eigenvalue weighted by molar-refractivity contribution is -0.0867. The monoisotopic (exact) mass is 323 g/mol. The number of unbranched alkanes of at least 4 members (excludes halogenated alkanes) is 1. The van der Waals surface area contributed by atoms with Crippen LogP contribution in [0.2, 0.25) is 0 Å². The molecule has 1 aromatic heterocycles. The van der Waals surface area contributed by atoms with Gasteiger partial charge in [-0.05, 0) is 24.5 Å². The molecular formula is C15H19ClF3S+. The van der Waals surface area contributed by atoms with Crippen molar-refractivity contribution in [3.8, 4) is 0 Å². The topological polar surface area (TPSA) is 0 Å². The van der Waals surface area contributed by atoms with Crippen LogP contribution in [-0.2, 0) is 18.3 Å². The lowest BCUT2D eigenvalue weighted by atomic mass is 10.1. The molecule has 112 valence electrons. The summed E-state index contributed by atoms with van der Waals surface area (Å²) < 4.78 is 40.4. The molecule has 0 aliphatic rings. The molecule has 0 N–H and O–H groups in total. The van der Waals surface area contributed by atoms with Crippen molar-refractivity contribution in [3.05, 3.63) is 34.7 Å². The molecule has 2 aromatic rings. The van der Waals surface area contributed by atoms with E-state index in [0.717, 1.165) is 30.2 Å². The van der Waals surface area contributed by atoms with Gasteiger partial charge >= 0.3 is 5.51 Å². The average Bonchev–Trinajstić information content (AvgIpc) is 2.72. The molecule has 1 unspecified atom stereocenters. The Hall–Kier alpha value is -0.740. The van der Waals surface area contributed by atoms with E-state index in [-0.39, 0.29) is 12.4 Å². The molecule has 0 radical (unpaired) electrons. The number of hydrogen-bond acceptors (Lipinski definition) is 0. The van der Waals surface area contributed by atoms with Gasteiger partial charge in [-0.3, -0.25) is 0 Å². The summed E-state index contributed by atoms with van der Waals surface area (Å²) >= 11 is 0. The van der Waals surface area contributed by atoms with Crippen LogP contribution in [-0.4, -0.2) is 0 Å². The molecule has 1 aromatic carbocycles. The Morgan fingerprint density at radius 3 is 2.35 bits per heavy atom. The van der Waals surface area contributed by atoms with Crippen molar-refractivity contribution in [2.45, 2.75) is 45.0 Å². The van der Waals surface area contributed by atoms with Gasteiger partial charge in [0.2, 0.25) is 0 Å². The molecule has 0 saturated heterocycles. The zero-order valence-electron chi connectivity index (χ0n) is 11.6. The summed E-state index contributed by atoms with van der Waals surface area (Å²) in [7, 11) is -1.71. The van der Waals surface area contributed by atoms with Gasteiger partial charge in [0.15, 0.2) is 9.58 Å². The molecule has 0 saturated carbocycles. The Morgan fingerprint density at radius 2 is 1.80 bits per heavy atom. The molecule has 0 amide bonds. The third-order valence-corrected chi connectivity index (χ3v) is 5.40. The Bertz CT molecular complexity index is 572. The van der Waals surface area contributed by atoms with Crippen molar-refractivity contribution in [1.82, 2.24) is 0 Å². The zero-order chi connectivity index (χ0) is 14.0. The molecule has 0 fully saturated rings. The van der Waals surface area contributed by atoms with Crippen LogP contribution in [0.15, 0.2) is 24.3 Å². The van der Waals surface area contributed by atoms with E-state index in [1.165, 1.54) is 0 Å². The maximum atomic E-state index is 13.3. The van der Waals surface area contributed by atoms with Crippen molar-refractivity contribution < 1.29 is 13.2 Å². The van der Waals surface area contributed by atoms with E-state index < -0.39 is 16.0 Å². The van der Waals surface area contributed by atoms with Crippen molar-refractivity contribution >= 4 is 33.0 Å². The molecule has 2 rings (SSSR count). The predicted molar refractivity (Wildman–Crippen MR) is 83.0 cm³/mol. The Morgan fingerprint density at radius 1 is 1.10 bits per heavy atom.